The van der Waals surface area contributed by atoms with Crippen molar-refractivity contribution in [1.82, 2.24) is 4.72 Å². The predicted molar refractivity (Wildman–Crippen MR) is 54.4 cm³/mol. The average molecular weight is 215 g/mol. The fourth-order valence-corrected chi connectivity index (χ4v) is 1.44. The van der Waals surface area contributed by atoms with Crippen molar-refractivity contribution in [2.45, 2.75) is 13.3 Å². The summed E-state index contributed by atoms with van der Waals surface area (Å²) in [4.78, 5) is 0. The standard InChI is InChI=1S/C9H13NO3S/c1-8-2-4-9(5-3-8)6-7-10-14(11,12)13/h2-5,10H,6-7H2,1H3,(H,11,12,13). The molecule has 0 radical (unpaired) electrons. The first-order valence-corrected chi connectivity index (χ1v) is 5.69. The summed E-state index contributed by atoms with van der Waals surface area (Å²) < 4.78 is 31.1. The lowest BCUT2D eigenvalue weighted by atomic mass is 10.1. The Kier molecular flexibility index (Phi) is 3.62. The molecule has 0 heterocycles. The van der Waals surface area contributed by atoms with E-state index in [2.05, 4.69) is 0 Å². The summed E-state index contributed by atoms with van der Waals surface area (Å²) in [6.45, 7) is 2.20. The first-order valence-electron chi connectivity index (χ1n) is 4.25. The molecule has 1 rings (SSSR count). The van der Waals surface area contributed by atoms with Crippen LogP contribution in [-0.4, -0.2) is 19.5 Å². The van der Waals surface area contributed by atoms with Crippen LogP contribution in [0.5, 0.6) is 0 Å². The maximum absolute atomic E-state index is 10.3. The maximum atomic E-state index is 10.3. The van der Waals surface area contributed by atoms with Crippen molar-refractivity contribution in [3.63, 3.8) is 0 Å². The summed E-state index contributed by atoms with van der Waals surface area (Å²) >= 11 is 0. The van der Waals surface area contributed by atoms with E-state index in [1.165, 1.54) is 0 Å². The number of hydrogen-bond acceptors (Lipinski definition) is 2. The average Bonchev–Trinajstić information content (AvgIpc) is 2.06. The second-order valence-electron chi connectivity index (χ2n) is 3.11. The van der Waals surface area contributed by atoms with Gasteiger partial charge in [-0.05, 0) is 18.9 Å². The monoisotopic (exact) mass is 215 g/mol. The Labute approximate surface area is 83.8 Å². The van der Waals surface area contributed by atoms with E-state index in [9.17, 15) is 8.42 Å². The van der Waals surface area contributed by atoms with Gasteiger partial charge >= 0.3 is 10.3 Å². The van der Waals surface area contributed by atoms with E-state index >= 15 is 0 Å². The van der Waals surface area contributed by atoms with Crippen molar-refractivity contribution in [2.24, 2.45) is 0 Å². The van der Waals surface area contributed by atoms with Gasteiger partial charge in [0, 0.05) is 6.54 Å². The van der Waals surface area contributed by atoms with Crippen LogP contribution in [0.3, 0.4) is 0 Å². The van der Waals surface area contributed by atoms with Gasteiger partial charge < -0.3 is 0 Å². The van der Waals surface area contributed by atoms with E-state index in [0.717, 1.165) is 11.1 Å². The molecular formula is C9H13NO3S. The predicted octanol–water partition coefficient (Wildman–Crippen LogP) is 0.930. The third kappa shape index (κ3) is 4.36. The van der Waals surface area contributed by atoms with Crippen molar-refractivity contribution in [2.75, 3.05) is 6.54 Å². The Morgan fingerprint density at radius 3 is 2.36 bits per heavy atom. The molecule has 0 aliphatic heterocycles. The van der Waals surface area contributed by atoms with Gasteiger partial charge in [-0.3, -0.25) is 4.55 Å². The Bertz CT molecular complexity index is 383. The number of hydrogen-bond donors (Lipinski definition) is 2. The second kappa shape index (κ2) is 4.54. The minimum absolute atomic E-state index is 0.210. The molecule has 0 saturated carbocycles. The molecule has 2 N–H and O–H groups in total. The molecule has 0 aliphatic carbocycles. The highest BCUT2D eigenvalue weighted by atomic mass is 32.2. The van der Waals surface area contributed by atoms with E-state index in [1.54, 1.807) is 0 Å². The Balaban J connectivity index is 2.43. The van der Waals surface area contributed by atoms with Crippen LogP contribution in [0, 0.1) is 6.92 Å². The summed E-state index contributed by atoms with van der Waals surface area (Å²) in [5.74, 6) is 0. The van der Waals surface area contributed by atoms with Crippen LogP contribution in [0.1, 0.15) is 11.1 Å². The molecule has 0 saturated heterocycles. The SMILES string of the molecule is Cc1ccc(CCNS(=O)(=O)O)cc1. The zero-order valence-electron chi connectivity index (χ0n) is 7.90. The van der Waals surface area contributed by atoms with Gasteiger partial charge in [-0.2, -0.15) is 13.1 Å². The van der Waals surface area contributed by atoms with E-state index in [-0.39, 0.29) is 6.54 Å². The lowest BCUT2D eigenvalue weighted by molar-refractivity contribution is 0.468. The summed E-state index contributed by atoms with van der Waals surface area (Å²) in [6.07, 6.45) is 0.570. The Morgan fingerprint density at radius 1 is 1.29 bits per heavy atom. The minimum Gasteiger partial charge on any atom is -0.273 e. The highest BCUT2D eigenvalue weighted by Crippen LogP contribution is 2.03. The first kappa shape index (κ1) is 11.2. The number of rotatable bonds is 4. The molecule has 0 aromatic heterocycles. The van der Waals surface area contributed by atoms with Gasteiger partial charge in [-0.1, -0.05) is 29.8 Å². The molecule has 0 bridgehead atoms. The fraction of sp³-hybridized carbons (Fsp3) is 0.333. The lowest BCUT2D eigenvalue weighted by Crippen LogP contribution is -2.24. The quantitative estimate of drug-likeness (QED) is 0.734. The molecule has 0 amide bonds. The maximum Gasteiger partial charge on any atom is 0.333 e. The molecule has 14 heavy (non-hydrogen) atoms. The van der Waals surface area contributed by atoms with Gasteiger partial charge in [-0.25, -0.2) is 0 Å². The molecule has 4 nitrogen and oxygen atoms in total. The highest BCUT2D eigenvalue weighted by molar-refractivity contribution is 7.83. The molecule has 0 unspecified atom stereocenters. The van der Waals surface area contributed by atoms with Crippen molar-refractivity contribution in [3.8, 4) is 0 Å². The van der Waals surface area contributed by atoms with Gasteiger partial charge in [0.15, 0.2) is 0 Å². The summed E-state index contributed by atoms with van der Waals surface area (Å²) in [5, 5.41) is 0. The zero-order chi connectivity index (χ0) is 10.6. The van der Waals surface area contributed by atoms with E-state index in [1.807, 2.05) is 35.9 Å². The normalized spacial score (nSPS) is 11.6. The van der Waals surface area contributed by atoms with Crippen LogP contribution < -0.4 is 4.72 Å². The Hall–Kier alpha value is -0.910. The minimum atomic E-state index is -4.05. The van der Waals surface area contributed by atoms with Crippen LogP contribution in [0.4, 0.5) is 0 Å². The Morgan fingerprint density at radius 2 is 1.86 bits per heavy atom. The van der Waals surface area contributed by atoms with Gasteiger partial charge in [0.1, 0.15) is 0 Å². The first-order chi connectivity index (χ1) is 6.47. The largest absolute Gasteiger partial charge is 0.333 e. The van der Waals surface area contributed by atoms with Gasteiger partial charge in [0.25, 0.3) is 0 Å². The lowest BCUT2D eigenvalue weighted by Gasteiger charge is -2.01. The van der Waals surface area contributed by atoms with Gasteiger partial charge in [0.05, 0.1) is 0 Å². The van der Waals surface area contributed by atoms with Crippen molar-refractivity contribution in [1.29, 1.82) is 0 Å². The molecule has 5 heteroatoms. The summed E-state index contributed by atoms with van der Waals surface area (Å²) in [6, 6.07) is 7.79. The van der Waals surface area contributed by atoms with Crippen molar-refractivity contribution in [3.05, 3.63) is 35.4 Å². The van der Waals surface area contributed by atoms with Crippen LogP contribution in [0.25, 0.3) is 0 Å². The van der Waals surface area contributed by atoms with E-state index < -0.39 is 10.3 Å². The number of benzene rings is 1. The third-order valence-electron chi connectivity index (χ3n) is 1.82. The zero-order valence-corrected chi connectivity index (χ0v) is 8.71. The molecule has 0 spiro atoms. The topological polar surface area (TPSA) is 66.4 Å². The molecule has 0 aliphatic rings. The van der Waals surface area contributed by atoms with Crippen molar-refractivity contribution >= 4 is 10.3 Å². The van der Waals surface area contributed by atoms with E-state index in [0.29, 0.717) is 6.42 Å². The molecule has 1 aromatic rings. The number of aryl methyl sites for hydroxylation is 1. The van der Waals surface area contributed by atoms with Crippen LogP contribution >= 0.6 is 0 Å². The highest BCUT2D eigenvalue weighted by Gasteiger charge is 2.01. The van der Waals surface area contributed by atoms with Crippen LogP contribution in [0.2, 0.25) is 0 Å². The summed E-state index contributed by atoms with van der Waals surface area (Å²) in [7, 11) is -4.05. The molecular weight excluding hydrogens is 202 g/mol. The second-order valence-corrected chi connectivity index (χ2v) is 4.34. The molecule has 0 atom stereocenters. The molecule has 1 aromatic carbocycles. The fourth-order valence-electron chi connectivity index (χ4n) is 1.08. The van der Waals surface area contributed by atoms with E-state index in [4.69, 9.17) is 4.55 Å². The number of nitrogens with one attached hydrogen (secondary N) is 1. The van der Waals surface area contributed by atoms with Crippen LogP contribution in [-0.2, 0) is 16.7 Å². The molecule has 78 valence electrons. The van der Waals surface area contributed by atoms with Crippen molar-refractivity contribution < 1.29 is 13.0 Å². The molecule has 0 fully saturated rings. The van der Waals surface area contributed by atoms with Gasteiger partial charge in [0.2, 0.25) is 0 Å². The smallest absolute Gasteiger partial charge is 0.273 e. The van der Waals surface area contributed by atoms with Crippen LogP contribution in [0.15, 0.2) is 24.3 Å². The third-order valence-corrected chi connectivity index (χ3v) is 2.39. The van der Waals surface area contributed by atoms with Gasteiger partial charge in [-0.15, -0.1) is 0 Å². The summed E-state index contributed by atoms with van der Waals surface area (Å²) in [5.41, 5.74) is 2.20.